The number of nitrogens with zero attached hydrogens (tertiary/aromatic N) is 1. The lowest BCUT2D eigenvalue weighted by Crippen LogP contribution is -2.29. The molecule has 14 heavy (non-hydrogen) atoms. The van der Waals surface area contributed by atoms with E-state index >= 15 is 0 Å². The number of primary sulfonamides is 1. The normalized spacial score (nSPS) is 24.0. The summed E-state index contributed by atoms with van der Waals surface area (Å²) in [5, 5.41) is 4.92. The quantitative estimate of drug-likeness (QED) is 0.630. The second kappa shape index (κ2) is 3.97. The van der Waals surface area contributed by atoms with Gasteiger partial charge in [-0.05, 0) is 0 Å². The van der Waals surface area contributed by atoms with Crippen molar-refractivity contribution in [3.05, 3.63) is 11.1 Å². The van der Waals surface area contributed by atoms with Crippen LogP contribution in [-0.2, 0) is 14.8 Å². The molecule has 0 spiro atoms. The van der Waals surface area contributed by atoms with Gasteiger partial charge in [0, 0.05) is 18.7 Å². The van der Waals surface area contributed by atoms with E-state index in [2.05, 4.69) is 4.99 Å². The Bertz CT molecular complexity index is 372. The number of rotatable bonds is 2. The third-order valence-corrected chi connectivity index (χ3v) is 2.64. The summed E-state index contributed by atoms with van der Waals surface area (Å²) in [6, 6.07) is 0. The molecular weight excluding hydrogens is 206 g/mol. The minimum Gasteiger partial charge on any atom is -0.477 e. The van der Waals surface area contributed by atoms with Crippen LogP contribution in [0.2, 0.25) is 0 Å². The second-order valence-corrected chi connectivity index (χ2v) is 4.67. The first-order chi connectivity index (χ1) is 6.45. The monoisotopic (exact) mass is 219 g/mol. The van der Waals surface area contributed by atoms with Crippen molar-refractivity contribution in [1.29, 1.82) is 0 Å². The molecule has 0 aromatic rings. The van der Waals surface area contributed by atoms with Crippen LogP contribution in [0.1, 0.15) is 6.92 Å². The van der Waals surface area contributed by atoms with E-state index in [1.54, 1.807) is 0 Å². The van der Waals surface area contributed by atoms with Crippen molar-refractivity contribution in [3.8, 4) is 0 Å². The van der Waals surface area contributed by atoms with Gasteiger partial charge in [0.25, 0.3) is 0 Å². The minimum atomic E-state index is -3.85. The maximum atomic E-state index is 11.0. The van der Waals surface area contributed by atoms with Crippen molar-refractivity contribution >= 4 is 15.9 Å². The molecule has 0 aromatic carbocycles. The van der Waals surface area contributed by atoms with Gasteiger partial charge >= 0.3 is 0 Å². The van der Waals surface area contributed by atoms with Gasteiger partial charge in [0.05, 0.1) is 6.61 Å². The summed E-state index contributed by atoms with van der Waals surface area (Å²) < 4.78 is 27.1. The Morgan fingerprint density at radius 1 is 1.71 bits per heavy atom. The highest BCUT2D eigenvalue weighted by Crippen LogP contribution is 2.12. The molecule has 1 aliphatic rings. The van der Waals surface area contributed by atoms with Crippen molar-refractivity contribution in [1.82, 2.24) is 0 Å². The fourth-order valence-corrected chi connectivity index (χ4v) is 1.55. The van der Waals surface area contributed by atoms with Crippen LogP contribution in [0.3, 0.4) is 0 Å². The molecule has 7 heteroatoms. The molecule has 0 aliphatic carbocycles. The van der Waals surface area contributed by atoms with Crippen molar-refractivity contribution in [3.63, 3.8) is 0 Å². The lowest BCUT2D eigenvalue weighted by molar-refractivity contribution is 0.233. The molecule has 1 rings (SSSR count). The van der Waals surface area contributed by atoms with Crippen molar-refractivity contribution in [2.24, 2.45) is 21.8 Å². The highest BCUT2D eigenvalue weighted by molar-refractivity contribution is 7.94. The molecule has 0 bridgehead atoms. The fourth-order valence-electron chi connectivity index (χ4n) is 0.995. The van der Waals surface area contributed by atoms with Crippen molar-refractivity contribution in [2.75, 3.05) is 13.2 Å². The lowest BCUT2D eigenvalue weighted by atomic mass is 10.2. The topological polar surface area (TPSA) is 108 Å². The van der Waals surface area contributed by atoms with E-state index in [4.69, 9.17) is 15.6 Å². The summed E-state index contributed by atoms with van der Waals surface area (Å²) >= 11 is 0. The van der Waals surface area contributed by atoms with Crippen LogP contribution in [0.5, 0.6) is 0 Å². The number of hydrogen-bond acceptors (Lipinski definition) is 5. The standard InChI is InChI=1S/C7H13N3O3S/c1-5-3-10-7(13-4-5)6(2-8)14(9,11)12/h2,5H,3-4,8H2,1H3,(H2,9,11,12)/t5-/m1/s1. The van der Waals surface area contributed by atoms with Gasteiger partial charge in [0.15, 0.2) is 4.91 Å². The molecule has 1 aliphatic heterocycles. The molecule has 0 unspecified atom stereocenters. The Hall–Kier alpha value is -1.08. The third-order valence-electron chi connectivity index (χ3n) is 1.72. The van der Waals surface area contributed by atoms with Gasteiger partial charge in [-0.3, -0.25) is 4.99 Å². The predicted molar refractivity (Wildman–Crippen MR) is 52.8 cm³/mol. The Balaban J connectivity index is 2.94. The molecule has 0 radical (unpaired) electrons. The number of nitrogens with two attached hydrogens (primary N) is 2. The summed E-state index contributed by atoms with van der Waals surface area (Å²) in [7, 11) is -3.85. The number of aliphatic imine (C=N–C) groups is 1. The highest BCUT2D eigenvalue weighted by Gasteiger charge is 2.23. The second-order valence-electron chi connectivity index (χ2n) is 3.14. The van der Waals surface area contributed by atoms with Gasteiger partial charge in [0.2, 0.25) is 15.9 Å². The van der Waals surface area contributed by atoms with Gasteiger partial charge in [-0.1, -0.05) is 6.92 Å². The van der Waals surface area contributed by atoms with Gasteiger partial charge in [-0.25, -0.2) is 13.6 Å². The average molecular weight is 219 g/mol. The molecule has 6 nitrogen and oxygen atoms in total. The van der Waals surface area contributed by atoms with E-state index in [1.807, 2.05) is 6.92 Å². The van der Waals surface area contributed by atoms with E-state index in [1.165, 1.54) is 0 Å². The van der Waals surface area contributed by atoms with Crippen molar-refractivity contribution < 1.29 is 13.2 Å². The van der Waals surface area contributed by atoms with Crippen LogP contribution >= 0.6 is 0 Å². The minimum absolute atomic E-state index is 0.00750. The predicted octanol–water partition coefficient (Wildman–Crippen LogP) is -0.860. The summed E-state index contributed by atoms with van der Waals surface area (Å²) in [5.41, 5.74) is 5.14. The molecule has 1 atom stereocenters. The first-order valence-electron chi connectivity index (χ1n) is 4.07. The Labute approximate surface area is 82.7 Å². The number of ether oxygens (including phenoxy) is 1. The zero-order valence-electron chi connectivity index (χ0n) is 7.80. The van der Waals surface area contributed by atoms with Crippen LogP contribution in [0, 0.1) is 5.92 Å². The molecule has 0 saturated heterocycles. The lowest BCUT2D eigenvalue weighted by Gasteiger charge is -2.19. The van der Waals surface area contributed by atoms with Crippen LogP contribution in [0.15, 0.2) is 16.1 Å². The zero-order chi connectivity index (χ0) is 10.8. The summed E-state index contributed by atoms with van der Waals surface area (Å²) in [6.45, 7) is 2.89. The van der Waals surface area contributed by atoms with Gasteiger partial charge < -0.3 is 10.5 Å². The first-order valence-corrected chi connectivity index (χ1v) is 5.62. The molecular formula is C7H13N3O3S. The van der Waals surface area contributed by atoms with E-state index in [9.17, 15) is 8.42 Å². The van der Waals surface area contributed by atoms with E-state index in [0.29, 0.717) is 13.2 Å². The summed E-state index contributed by atoms with van der Waals surface area (Å²) in [6.07, 6.45) is 0.893. The molecule has 1 heterocycles. The van der Waals surface area contributed by atoms with E-state index in [0.717, 1.165) is 6.20 Å². The molecule has 0 amide bonds. The Morgan fingerprint density at radius 3 is 2.71 bits per heavy atom. The summed E-state index contributed by atoms with van der Waals surface area (Å²) in [5.74, 6) is 0.284. The zero-order valence-corrected chi connectivity index (χ0v) is 8.62. The number of hydrogen-bond donors (Lipinski definition) is 2. The van der Waals surface area contributed by atoms with Crippen molar-refractivity contribution in [2.45, 2.75) is 6.92 Å². The smallest absolute Gasteiger partial charge is 0.244 e. The van der Waals surface area contributed by atoms with Crippen LogP contribution in [-0.4, -0.2) is 27.5 Å². The van der Waals surface area contributed by atoms with Gasteiger partial charge in [0.1, 0.15) is 0 Å². The average Bonchev–Trinajstić information content (AvgIpc) is 2.07. The fraction of sp³-hybridized carbons (Fsp3) is 0.571. The van der Waals surface area contributed by atoms with Crippen LogP contribution in [0.4, 0.5) is 0 Å². The van der Waals surface area contributed by atoms with E-state index in [-0.39, 0.29) is 16.7 Å². The maximum absolute atomic E-state index is 11.0. The maximum Gasteiger partial charge on any atom is 0.244 e. The molecule has 4 N–H and O–H groups in total. The molecule has 0 fully saturated rings. The third kappa shape index (κ3) is 2.46. The SMILES string of the molecule is C[C@@H]1CN=C(C(=CN)S(N)(=O)=O)OC1. The molecule has 0 saturated carbocycles. The molecule has 0 aromatic heterocycles. The largest absolute Gasteiger partial charge is 0.477 e. The Kier molecular flexibility index (Phi) is 3.12. The van der Waals surface area contributed by atoms with Crippen LogP contribution < -0.4 is 10.9 Å². The highest BCUT2D eigenvalue weighted by atomic mass is 32.2. The van der Waals surface area contributed by atoms with Gasteiger partial charge in [-0.2, -0.15) is 0 Å². The molecule has 80 valence electrons. The van der Waals surface area contributed by atoms with E-state index < -0.39 is 10.0 Å². The van der Waals surface area contributed by atoms with Gasteiger partial charge in [-0.15, -0.1) is 0 Å². The summed E-state index contributed by atoms with van der Waals surface area (Å²) in [4.78, 5) is 3.68. The van der Waals surface area contributed by atoms with Crippen LogP contribution in [0.25, 0.3) is 0 Å². The Morgan fingerprint density at radius 2 is 2.36 bits per heavy atom. The first kappa shape index (κ1) is 11.0. The number of sulfonamides is 1.